The molecule has 0 saturated carbocycles. The van der Waals surface area contributed by atoms with E-state index in [0.29, 0.717) is 0 Å². The van der Waals surface area contributed by atoms with Crippen molar-refractivity contribution in [1.29, 1.82) is 0 Å². The molecule has 0 aromatic carbocycles. The van der Waals surface area contributed by atoms with Gasteiger partial charge in [0.15, 0.2) is 0 Å². The molecule has 0 rings (SSSR count). The predicted molar refractivity (Wildman–Crippen MR) is 86.4 cm³/mol. The standard InChI is InChI=1S/C13H27NO4SSi/c1-9(20(5,6)7)13(8-19,10(15)16)14-11(17)18-12(2,3)4/h9,19H,8H2,1-7H3,(H,14,17)(H,15,16). The van der Waals surface area contributed by atoms with Gasteiger partial charge in [0.1, 0.15) is 11.1 Å². The highest BCUT2D eigenvalue weighted by molar-refractivity contribution is 7.80. The number of thiol groups is 1. The molecule has 2 unspecified atom stereocenters. The van der Waals surface area contributed by atoms with Crippen LogP contribution in [0, 0.1) is 0 Å². The van der Waals surface area contributed by atoms with Crippen LogP contribution < -0.4 is 5.32 Å². The number of rotatable bonds is 5. The molecule has 0 aromatic rings. The molecule has 0 aliphatic carbocycles. The highest BCUT2D eigenvalue weighted by Crippen LogP contribution is 2.34. The molecule has 20 heavy (non-hydrogen) atoms. The van der Waals surface area contributed by atoms with E-state index >= 15 is 0 Å². The fraction of sp³-hybridized carbons (Fsp3) is 0.846. The second kappa shape index (κ2) is 6.38. The van der Waals surface area contributed by atoms with Crippen molar-refractivity contribution in [3.63, 3.8) is 0 Å². The summed E-state index contributed by atoms with van der Waals surface area (Å²) in [6.45, 7) is 13.3. The van der Waals surface area contributed by atoms with Gasteiger partial charge in [-0.3, -0.25) is 0 Å². The smallest absolute Gasteiger partial charge is 0.408 e. The summed E-state index contributed by atoms with van der Waals surface area (Å²) < 4.78 is 5.18. The van der Waals surface area contributed by atoms with Crippen molar-refractivity contribution in [2.24, 2.45) is 0 Å². The largest absolute Gasteiger partial charge is 0.479 e. The first kappa shape index (κ1) is 19.3. The fourth-order valence-electron chi connectivity index (χ4n) is 1.82. The first-order valence-electron chi connectivity index (χ1n) is 6.61. The molecule has 0 bridgehead atoms. The quantitative estimate of drug-likeness (QED) is 0.537. The molecule has 0 fully saturated rings. The van der Waals surface area contributed by atoms with Gasteiger partial charge in [-0.15, -0.1) is 0 Å². The average molecular weight is 322 g/mol. The third-order valence-electron chi connectivity index (χ3n) is 3.39. The number of alkyl carbamates (subject to hydrolysis) is 1. The van der Waals surface area contributed by atoms with Crippen molar-refractivity contribution in [3.05, 3.63) is 0 Å². The molecule has 0 radical (unpaired) electrons. The van der Waals surface area contributed by atoms with E-state index in [1.54, 1.807) is 20.8 Å². The fourth-order valence-corrected chi connectivity index (χ4v) is 4.25. The molecular weight excluding hydrogens is 294 g/mol. The second-order valence-electron chi connectivity index (χ2n) is 7.15. The number of amides is 1. The maximum atomic E-state index is 12.0. The van der Waals surface area contributed by atoms with Gasteiger partial charge in [-0.05, 0) is 26.3 Å². The number of hydrogen-bond acceptors (Lipinski definition) is 4. The topological polar surface area (TPSA) is 75.6 Å². The van der Waals surface area contributed by atoms with Gasteiger partial charge < -0.3 is 15.2 Å². The normalized spacial score (nSPS) is 17.0. The Morgan fingerprint density at radius 1 is 1.30 bits per heavy atom. The second-order valence-corrected chi connectivity index (χ2v) is 13.1. The first-order valence-corrected chi connectivity index (χ1v) is 10.8. The Bertz CT molecular complexity index is 376. The zero-order chi connectivity index (χ0) is 16.4. The summed E-state index contributed by atoms with van der Waals surface area (Å²) in [6, 6.07) is 0. The van der Waals surface area contributed by atoms with Crippen molar-refractivity contribution < 1.29 is 19.4 Å². The number of hydrogen-bond donors (Lipinski definition) is 3. The molecule has 0 heterocycles. The molecule has 0 aliphatic rings. The summed E-state index contributed by atoms with van der Waals surface area (Å²) in [6.07, 6.45) is -0.723. The zero-order valence-corrected chi connectivity index (χ0v) is 15.3. The number of carbonyl (C=O) groups is 2. The summed E-state index contributed by atoms with van der Waals surface area (Å²) in [5.74, 6) is -1.05. The lowest BCUT2D eigenvalue weighted by Gasteiger charge is -2.41. The third kappa shape index (κ3) is 5.01. The Balaban J connectivity index is 5.38. The van der Waals surface area contributed by atoms with Crippen LogP contribution in [0.1, 0.15) is 27.7 Å². The molecule has 1 amide bonds. The van der Waals surface area contributed by atoms with Crippen LogP contribution in [0.4, 0.5) is 4.79 Å². The number of ether oxygens (including phenoxy) is 1. The summed E-state index contributed by atoms with van der Waals surface area (Å²) in [4.78, 5) is 23.7. The molecule has 0 aromatic heterocycles. The lowest BCUT2D eigenvalue weighted by Crippen LogP contribution is -2.63. The summed E-state index contributed by atoms with van der Waals surface area (Å²) >= 11 is 4.17. The summed E-state index contributed by atoms with van der Waals surface area (Å²) in [5, 5.41) is 12.1. The Labute approximate surface area is 127 Å². The Kier molecular flexibility index (Phi) is 6.16. The van der Waals surface area contributed by atoms with Crippen LogP contribution >= 0.6 is 12.6 Å². The van der Waals surface area contributed by atoms with E-state index < -0.39 is 31.3 Å². The van der Waals surface area contributed by atoms with Gasteiger partial charge in [-0.1, -0.05) is 26.6 Å². The molecule has 118 valence electrons. The van der Waals surface area contributed by atoms with E-state index in [9.17, 15) is 14.7 Å². The lowest BCUT2D eigenvalue weighted by molar-refractivity contribution is -0.144. The van der Waals surface area contributed by atoms with Crippen molar-refractivity contribution in [2.45, 2.75) is 64.0 Å². The van der Waals surface area contributed by atoms with Crippen molar-refractivity contribution >= 4 is 32.8 Å². The Hall–Kier alpha value is -0.693. The van der Waals surface area contributed by atoms with Crippen LogP contribution in [0.25, 0.3) is 0 Å². The minimum Gasteiger partial charge on any atom is -0.479 e. The van der Waals surface area contributed by atoms with Crippen LogP contribution in [-0.4, -0.2) is 42.1 Å². The van der Waals surface area contributed by atoms with Gasteiger partial charge in [-0.25, -0.2) is 9.59 Å². The van der Waals surface area contributed by atoms with Gasteiger partial charge in [0.25, 0.3) is 0 Å². The van der Waals surface area contributed by atoms with Crippen molar-refractivity contribution in [1.82, 2.24) is 5.32 Å². The van der Waals surface area contributed by atoms with E-state index in [1.807, 2.05) is 6.92 Å². The number of carboxylic acids is 1. The van der Waals surface area contributed by atoms with Crippen LogP contribution in [-0.2, 0) is 9.53 Å². The van der Waals surface area contributed by atoms with Crippen LogP contribution in [0.3, 0.4) is 0 Å². The van der Waals surface area contributed by atoms with Crippen LogP contribution in [0.5, 0.6) is 0 Å². The number of nitrogens with one attached hydrogen (secondary N) is 1. The number of carboxylic acid groups (broad SMARTS) is 1. The third-order valence-corrected chi connectivity index (χ3v) is 6.98. The Morgan fingerprint density at radius 3 is 2.00 bits per heavy atom. The maximum absolute atomic E-state index is 12.0. The molecule has 2 N–H and O–H groups in total. The van der Waals surface area contributed by atoms with Gasteiger partial charge in [-0.2, -0.15) is 12.6 Å². The van der Waals surface area contributed by atoms with Gasteiger partial charge in [0.2, 0.25) is 0 Å². The number of aliphatic carboxylic acids is 1. The van der Waals surface area contributed by atoms with Crippen LogP contribution in [0.15, 0.2) is 0 Å². The number of carbonyl (C=O) groups excluding carboxylic acids is 1. The van der Waals surface area contributed by atoms with E-state index in [1.165, 1.54) is 0 Å². The van der Waals surface area contributed by atoms with E-state index in [2.05, 4.69) is 37.6 Å². The van der Waals surface area contributed by atoms with E-state index in [4.69, 9.17) is 4.74 Å². The predicted octanol–water partition coefficient (Wildman–Crippen LogP) is 2.99. The van der Waals surface area contributed by atoms with Crippen molar-refractivity contribution in [3.8, 4) is 0 Å². The molecule has 0 saturated heterocycles. The van der Waals surface area contributed by atoms with Crippen molar-refractivity contribution in [2.75, 3.05) is 5.75 Å². The monoisotopic (exact) mass is 321 g/mol. The van der Waals surface area contributed by atoms with Gasteiger partial charge in [0, 0.05) is 5.75 Å². The van der Waals surface area contributed by atoms with E-state index in [0.717, 1.165) is 0 Å². The van der Waals surface area contributed by atoms with E-state index in [-0.39, 0.29) is 11.3 Å². The first-order chi connectivity index (χ1) is 8.76. The Morgan fingerprint density at radius 2 is 1.75 bits per heavy atom. The molecule has 0 spiro atoms. The maximum Gasteiger partial charge on any atom is 0.408 e. The highest BCUT2D eigenvalue weighted by atomic mass is 32.1. The zero-order valence-electron chi connectivity index (χ0n) is 13.4. The minimum absolute atomic E-state index is 0.0208. The van der Waals surface area contributed by atoms with Crippen LogP contribution in [0.2, 0.25) is 25.2 Å². The van der Waals surface area contributed by atoms with Gasteiger partial charge >= 0.3 is 12.1 Å². The summed E-state index contributed by atoms with van der Waals surface area (Å²) in [5.41, 5.74) is -2.28. The molecule has 7 heteroatoms. The lowest BCUT2D eigenvalue weighted by atomic mass is 9.98. The molecule has 5 nitrogen and oxygen atoms in total. The SMILES string of the molecule is CC(C(CS)(NC(=O)OC(C)(C)C)C(=O)O)[Si](C)(C)C. The van der Waals surface area contributed by atoms with Gasteiger partial charge in [0.05, 0.1) is 8.07 Å². The average Bonchev–Trinajstić information content (AvgIpc) is 2.20. The highest BCUT2D eigenvalue weighted by Gasteiger charge is 2.49. The molecular formula is C13H27NO4SSi. The minimum atomic E-state index is -1.81. The molecule has 0 aliphatic heterocycles. The summed E-state index contributed by atoms with van der Waals surface area (Å²) in [7, 11) is -1.81. The molecule has 2 atom stereocenters.